The third-order valence-electron chi connectivity index (χ3n) is 4.17. The molecule has 4 heteroatoms. The Kier molecular flexibility index (Phi) is 2.49. The Morgan fingerprint density at radius 2 is 2.16 bits per heavy atom. The second kappa shape index (κ2) is 3.95. The fourth-order valence-corrected chi connectivity index (χ4v) is 3.22. The Morgan fingerprint density at radius 1 is 1.42 bits per heavy atom. The Morgan fingerprint density at radius 3 is 2.89 bits per heavy atom. The molecule has 0 bridgehead atoms. The summed E-state index contributed by atoms with van der Waals surface area (Å²) in [7, 11) is 3.04. The molecule has 1 aliphatic carbocycles. The predicted molar refractivity (Wildman–Crippen MR) is 70.8 cm³/mol. The van der Waals surface area contributed by atoms with Crippen LogP contribution in [0.4, 0.5) is 5.69 Å². The maximum Gasteiger partial charge on any atom is 0.322 e. The Hall–Kier alpha value is -2.10. The van der Waals surface area contributed by atoms with Gasteiger partial charge in [0.2, 0.25) is 5.91 Å². The predicted octanol–water partition coefficient (Wildman–Crippen LogP) is 1.87. The molecule has 0 fully saturated rings. The van der Waals surface area contributed by atoms with E-state index in [4.69, 9.17) is 4.74 Å². The molecule has 1 aromatic rings. The molecule has 4 nitrogen and oxygen atoms in total. The van der Waals surface area contributed by atoms with Gasteiger partial charge < -0.3 is 9.64 Å². The first-order valence-electron chi connectivity index (χ1n) is 6.25. The van der Waals surface area contributed by atoms with Gasteiger partial charge in [0, 0.05) is 18.7 Å². The van der Waals surface area contributed by atoms with Gasteiger partial charge in [0.05, 0.1) is 7.11 Å². The van der Waals surface area contributed by atoms with Gasteiger partial charge in [-0.25, -0.2) is 0 Å². The number of fused-ring (bicyclic) bond motifs is 3. The maximum absolute atomic E-state index is 12.7. The highest BCUT2D eigenvalue weighted by Gasteiger charge is 2.58. The average molecular weight is 257 g/mol. The fraction of sp³-hybridized carbons (Fsp3) is 0.333. The highest BCUT2D eigenvalue weighted by molar-refractivity contribution is 6.14. The molecule has 3 rings (SSSR count). The molecule has 2 aliphatic rings. The first-order valence-corrected chi connectivity index (χ1v) is 6.25. The van der Waals surface area contributed by atoms with E-state index in [1.165, 1.54) is 7.11 Å². The summed E-state index contributed by atoms with van der Waals surface area (Å²) >= 11 is 0. The monoisotopic (exact) mass is 257 g/mol. The van der Waals surface area contributed by atoms with Crippen molar-refractivity contribution in [3.63, 3.8) is 0 Å². The van der Waals surface area contributed by atoms with E-state index in [0.29, 0.717) is 6.42 Å². The largest absolute Gasteiger partial charge is 0.468 e. The molecule has 1 aromatic carbocycles. The number of rotatable bonds is 1. The summed E-state index contributed by atoms with van der Waals surface area (Å²) in [5.74, 6) is -0.859. The van der Waals surface area contributed by atoms with Crippen LogP contribution in [0.2, 0.25) is 0 Å². The highest BCUT2D eigenvalue weighted by atomic mass is 16.5. The summed E-state index contributed by atoms with van der Waals surface area (Å²) in [5.41, 5.74) is 0.755. The molecule has 0 unspecified atom stereocenters. The first kappa shape index (κ1) is 12.0. The lowest BCUT2D eigenvalue weighted by Crippen LogP contribution is -2.53. The lowest BCUT2D eigenvalue weighted by atomic mass is 9.69. The normalized spacial score (nSPS) is 28.0. The second-order valence-electron chi connectivity index (χ2n) is 5.00. The number of allylic oxidation sites excluding steroid dienone is 2. The second-order valence-corrected chi connectivity index (χ2v) is 5.00. The Bertz CT molecular complexity index is 593. The van der Waals surface area contributed by atoms with Crippen LogP contribution in [0.25, 0.3) is 0 Å². The van der Waals surface area contributed by atoms with Crippen molar-refractivity contribution in [1.82, 2.24) is 0 Å². The minimum atomic E-state index is -1.11. The topological polar surface area (TPSA) is 46.6 Å². The third-order valence-corrected chi connectivity index (χ3v) is 4.17. The quantitative estimate of drug-likeness (QED) is 0.438. The van der Waals surface area contributed by atoms with Gasteiger partial charge in [-0.1, -0.05) is 30.4 Å². The first-order chi connectivity index (χ1) is 9.13. The van der Waals surface area contributed by atoms with Crippen molar-refractivity contribution in [3.05, 3.63) is 42.0 Å². The zero-order valence-electron chi connectivity index (χ0n) is 10.9. The minimum Gasteiger partial charge on any atom is -0.468 e. The molecule has 0 N–H and O–H groups in total. The van der Waals surface area contributed by atoms with Crippen molar-refractivity contribution in [2.75, 3.05) is 19.1 Å². The van der Waals surface area contributed by atoms with Crippen LogP contribution in [-0.2, 0) is 14.3 Å². The minimum absolute atomic E-state index is 0.187. The van der Waals surface area contributed by atoms with Crippen LogP contribution in [0, 0.1) is 5.41 Å². The van der Waals surface area contributed by atoms with E-state index in [1.807, 2.05) is 36.4 Å². The molecule has 0 radical (unpaired) electrons. The number of anilines is 1. The summed E-state index contributed by atoms with van der Waals surface area (Å²) in [6.07, 6.45) is 4.25. The summed E-state index contributed by atoms with van der Waals surface area (Å²) in [6.45, 7) is 0. The third kappa shape index (κ3) is 1.34. The SMILES string of the molecule is COC(=O)[C@@]12CC=C[C@@H]1c1ccccc1N(C)C2=O. The molecule has 0 spiro atoms. The number of carbonyl (C=O) groups is 2. The molecule has 1 amide bonds. The maximum atomic E-state index is 12.7. The van der Waals surface area contributed by atoms with Crippen LogP contribution in [0.1, 0.15) is 17.9 Å². The van der Waals surface area contributed by atoms with E-state index in [2.05, 4.69) is 0 Å². The number of amides is 1. The van der Waals surface area contributed by atoms with Crippen LogP contribution in [0.3, 0.4) is 0 Å². The fourth-order valence-electron chi connectivity index (χ4n) is 3.22. The standard InChI is InChI=1S/C15H15NO3/c1-16-12-8-4-3-6-10(12)11-7-5-9-15(11,13(16)17)14(18)19-2/h3-8,11H,9H2,1-2H3/t11-,15+/m1/s1. The average Bonchev–Trinajstić information content (AvgIpc) is 2.90. The smallest absolute Gasteiger partial charge is 0.322 e. The number of hydrogen-bond acceptors (Lipinski definition) is 3. The van der Waals surface area contributed by atoms with Crippen molar-refractivity contribution in [1.29, 1.82) is 0 Å². The summed E-state index contributed by atoms with van der Waals surface area (Å²) in [4.78, 5) is 26.5. The van der Waals surface area contributed by atoms with Crippen molar-refractivity contribution in [3.8, 4) is 0 Å². The van der Waals surface area contributed by atoms with E-state index >= 15 is 0 Å². The molecule has 1 aliphatic heterocycles. The van der Waals surface area contributed by atoms with Crippen molar-refractivity contribution in [2.24, 2.45) is 5.41 Å². The molecule has 2 atom stereocenters. The number of nitrogens with zero attached hydrogens (tertiary/aromatic N) is 1. The van der Waals surface area contributed by atoms with E-state index in [1.54, 1.807) is 11.9 Å². The Balaban J connectivity index is 2.24. The number of methoxy groups -OCH3 is 1. The zero-order chi connectivity index (χ0) is 13.6. The molecule has 98 valence electrons. The molecule has 0 aromatic heterocycles. The van der Waals surface area contributed by atoms with Crippen LogP contribution in [-0.4, -0.2) is 26.0 Å². The van der Waals surface area contributed by atoms with Gasteiger partial charge in [-0.3, -0.25) is 9.59 Å². The zero-order valence-corrected chi connectivity index (χ0v) is 10.9. The summed E-state index contributed by atoms with van der Waals surface area (Å²) in [5, 5.41) is 0. The molecule has 1 heterocycles. The van der Waals surface area contributed by atoms with Crippen molar-refractivity contribution >= 4 is 17.6 Å². The van der Waals surface area contributed by atoms with E-state index in [-0.39, 0.29) is 11.8 Å². The molecule has 19 heavy (non-hydrogen) atoms. The van der Waals surface area contributed by atoms with Crippen LogP contribution < -0.4 is 4.90 Å². The van der Waals surface area contributed by atoms with Gasteiger partial charge in [0.25, 0.3) is 0 Å². The highest BCUT2D eigenvalue weighted by Crippen LogP contribution is 2.53. The van der Waals surface area contributed by atoms with Crippen LogP contribution >= 0.6 is 0 Å². The number of carbonyl (C=O) groups excluding carboxylic acids is 2. The number of hydrogen-bond donors (Lipinski definition) is 0. The summed E-state index contributed by atoms with van der Waals surface area (Å²) in [6, 6.07) is 7.69. The van der Waals surface area contributed by atoms with Gasteiger partial charge >= 0.3 is 5.97 Å². The van der Waals surface area contributed by atoms with Gasteiger partial charge in [0.15, 0.2) is 5.41 Å². The van der Waals surface area contributed by atoms with Gasteiger partial charge in [-0.15, -0.1) is 0 Å². The molecular weight excluding hydrogens is 242 g/mol. The molecule has 0 saturated carbocycles. The van der Waals surface area contributed by atoms with Crippen molar-refractivity contribution < 1.29 is 14.3 Å². The van der Waals surface area contributed by atoms with E-state index in [0.717, 1.165) is 11.3 Å². The van der Waals surface area contributed by atoms with Crippen molar-refractivity contribution in [2.45, 2.75) is 12.3 Å². The van der Waals surface area contributed by atoms with Crippen LogP contribution in [0.5, 0.6) is 0 Å². The van der Waals surface area contributed by atoms with Gasteiger partial charge in [-0.05, 0) is 18.1 Å². The number of para-hydroxylation sites is 1. The lowest BCUT2D eigenvalue weighted by molar-refractivity contribution is -0.158. The number of esters is 1. The summed E-state index contributed by atoms with van der Waals surface area (Å²) < 4.78 is 4.90. The lowest BCUT2D eigenvalue weighted by Gasteiger charge is -2.41. The van der Waals surface area contributed by atoms with Crippen LogP contribution in [0.15, 0.2) is 36.4 Å². The number of ether oxygens (including phenoxy) is 1. The van der Waals surface area contributed by atoms with Gasteiger partial charge in [-0.2, -0.15) is 0 Å². The van der Waals surface area contributed by atoms with Gasteiger partial charge in [0.1, 0.15) is 0 Å². The molecule has 0 saturated heterocycles. The van der Waals surface area contributed by atoms with E-state index in [9.17, 15) is 9.59 Å². The Labute approximate surface area is 111 Å². The molecular formula is C15H15NO3. The number of benzene rings is 1. The van der Waals surface area contributed by atoms with E-state index < -0.39 is 11.4 Å².